The van der Waals surface area contributed by atoms with Gasteiger partial charge in [-0.05, 0) is 35.7 Å². The van der Waals surface area contributed by atoms with Crippen molar-refractivity contribution in [2.45, 2.75) is 25.8 Å². The van der Waals surface area contributed by atoms with Crippen molar-refractivity contribution >= 4 is 5.91 Å². The molecule has 0 bridgehead atoms. The number of benzene rings is 2. The van der Waals surface area contributed by atoms with Crippen LogP contribution in [0.3, 0.4) is 0 Å². The van der Waals surface area contributed by atoms with Gasteiger partial charge in [0.05, 0.1) is 12.2 Å². The van der Waals surface area contributed by atoms with Crippen LogP contribution in [0.15, 0.2) is 72.9 Å². The summed E-state index contributed by atoms with van der Waals surface area (Å²) >= 11 is 0. The van der Waals surface area contributed by atoms with E-state index >= 15 is 0 Å². The lowest BCUT2D eigenvalue weighted by molar-refractivity contribution is -0.121. The molecule has 132 valence electrons. The number of carbonyl (C=O) groups is 1. The summed E-state index contributed by atoms with van der Waals surface area (Å²) in [6.07, 6.45) is 1.89. The molecule has 1 N–H and O–H groups in total. The minimum Gasteiger partial charge on any atom is -0.350 e. The second-order valence-electron chi connectivity index (χ2n) is 6.23. The van der Waals surface area contributed by atoms with Crippen LogP contribution >= 0.6 is 0 Å². The third-order valence-corrected chi connectivity index (χ3v) is 4.44. The predicted molar refractivity (Wildman–Crippen MR) is 100 cm³/mol. The predicted octanol–water partition coefficient (Wildman–Crippen LogP) is 4.37. The van der Waals surface area contributed by atoms with Gasteiger partial charge in [0.25, 0.3) is 0 Å². The third kappa shape index (κ3) is 4.33. The molecule has 1 aromatic heterocycles. The molecule has 0 fully saturated rings. The first kappa shape index (κ1) is 17.8. The number of nitrogens with zero attached hydrogens (tertiary/aromatic N) is 1. The number of aryl methyl sites for hydroxylation is 1. The van der Waals surface area contributed by atoms with Crippen LogP contribution in [0.2, 0.25) is 0 Å². The first-order chi connectivity index (χ1) is 12.6. The molecule has 0 aliphatic rings. The van der Waals surface area contributed by atoms with Gasteiger partial charge in [-0.25, -0.2) is 4.39 Å². The Bertz CT molecular complexity index is 880. The number of amides is 1. The van der Waals surface area contributed by atoms with Gasteiger partial charge in [0.1, 0.15) is 5.82 Å². The Balaban J connectivity index is 1.77. The molecule has 0 aliphatic carbocycles. The summed E-state index contributed by atoms with van der Waals surface area (Å²) in [4.78, 5) is 16.8. The van der Waals surface area contributed by atoms with Gasteiger partial charge < -0.3 is 5.32 Å². The van der Waals surface area contributed by atoms with E-state index in [-0.39, 0.29) is 24.1 Å². The van der Waals surface area contributed by atoms with E-state index in [0.29, 0.717) is 12.1 Å². The van der Waals surface area contributed by atoms with Gasteiger partial charge >= 0.3 is 0 Å². The lowest BCUT2D eigenvalue weighted by atomic mass is 9.88. The molecule has 3 nitrogen and oxygen atoms in total. The summed E-state index contributed by atoms with van der Waals surface area (Å²) in [5.74, 6) is -0.760. The zero-order valence-corrected chi connectivity index (χ0v) is 14.7. The van der Waals surface area contributed by atoms with Crippen molar-refractivity contribution in [1.29, 1.82) is 0 Å². The number of pyridine rings is 1. The maximum Gasteiger partial charge on any atom is 0.221 e. The maximum absolute atomic E-state index is 14.3. The van der Waals surface area contributed by atoms with Crippen LogP contribution in [-0.2, 0) is 11.3 Å². The lowest BCUT2D eigenvalue weighted by Gasteiger charge is -2.18. The van der Waals surface area contributed by atoms with Gasteiger partial charge in [-0.3, -0.25) is 9.78 Å². The van der Waals surface area contributed by atoms with Crippen molar-refractivity contribution < 1.29 is 9.18 Å². The second kappa shape index (κ2) is 8.39. The highest BCUT2D eigenvalue weighted by molar-refractivity contribution is 5.77. The Hall–Kier alpha value is -3.01. The Morgan fingerprint density at radius 3 is 2.50 bits per heavy atom. The number of halogens is 1. The largest absolute Gasteiger partial charge is 0.350 e. The SMILES string of the molecule is Cc1cccnc1CNC(=O)C[C@H](c1ccccc1)c1ccccc1F. The van der Waals surface area contributed by atoms with E-state index in [9.17, 15) is 9.18 Å². The molecule has 4 heteroatoms. The molecule has 0 saturated carbocycles. The summed E-state index contributed by atoms with van der Waals surface area (Å²) in [6.45, 7) is 2.32. The minimum absolute atomic E-state index is 0.132. The Kier molecular flexibility index (Phi) is 5.74. The van der Waals surface area contributed by atoms with Crippen LogP contribution in [0.4, 0.5) is 4.39 Å². The molecule has 0 aliphatic heterocycles. The van der Waals surface area contributed by atoms with Gasteiger partial charge in [-0.2, -0.15) is 0 Å². The molecule has 1 heterocycles. The van der Waals surface area contributed by atoms with E-state index < -0.39 is 0 Å². The van der Waals surface area contributed by atoms with Crippen LogP contribution in [-0.4, -0.2) is 10.9 Å². The van der Waals surface area contributed by atoms with E-state index in [1.807, 2.05) is 49.4 Å². The van der Waals surface area contributed by atoms with Gasteiger partial charge in [-0.1, -0.05) is 54.6 Å². The first-order valence-electron chi connectivity index (χ1n) is 8.61. The molecule has 3 rings (SSSR count). The summed E-state index contributed by atoms with van der Waals surface area (Å²) in [7, 11) is 0. The maximum atomic E-state index is 14.3. The van der Waals surface area contributed by atoms with Gasteiger partial charge in [0.2, 0.25) is 5.91 Å². The summed E-state index contributed by atoms with van der Waals surface area (Å²) in [5.41, 5.74) is 3.31. The fourth-order valence-electron chi connectivity index (χ4n) is 2.99. The van der Waals surface area contributed by atoms with Crippen molar-refractivity contribution in [2.24, 2.45) is 0 Å². The average molecular weight is 348 g/mol. The monoisotopic (exact) mass is 348 g/mol. The van der Waals surface area contributed by atoms with Crippen molar-refractivity contribution in [2.75, 3.05) is 0 Å². The smallest absolute Gasteiger partial charge is 0.221 e. The molecule has 0 unspecified atom stereocenters. The number of carbonyl (C=O) groups excluding carboxylic acids is 1. The third-order valence-electron chi connectivity index (χ3n) is 4.44. The molecule has 0 radical (unpaired) electrons. The van der Waals surface area contributed by atoms with E-state index in [1.165, 1.54) is 6.07 Å². The van der Waals surface area contributed by atoms with Crippen LogP contribution in [0.1, 0.15) is 34.7 Å². The fraction of sp³-hybridized carbons (Fsp3) is 0.182. The standard InChI is InChI=1S/C22H21FN2O/c1-16-8-7-13-24-21(16)15-25-22(26)14-19(17-9-3-2-4-10-17)18-11-5-6-12-20(18)23/h2-13,19H,14-15H2,1H3,(H,25,26)/t19-/m1/s1. The Morgan fingerprint density at radius 2 is 1.77 bits per heavy atom. The van der Waals surface area contributed by atoms with Crippen molar-refractivity contribution in [3.05, 3.63) is 101 Å². The zero-order chi connectivity index (χ0) is 18.4. The van der Waals surface area contributed by atoms with Crippen molar-refractivity contribution in [3.63, 3.8) is 0 Å². The zero-order valence-electron chi connectivity index (χ0n) is 14.7. The number of nitrogens with one attached hydrogen (secondary N) is 1. The van der Waals surface area contributed by atoms with Crippen LogP contribution < -0.4 is 5.32 Å². The lowest BCUT2D eigenvalue weighted by Crippen LogP contribution is -2.26. The highest BCUT2D eigenvalue weighted by Crippen LogP contribution is 2.29. The van der Waals surface area contributed by atoms with Crippen molar-refractivity contribution in [1.82, 2.24) is 10.3 Å². The van der Waals surface area contributed by atoms with E-state index in [1.54, 1.807) is 24.4 Å². The molecule has 1 amide bonds. The molecule has 0 spiro atoms. The van der Waals surface area contributed by atoms with E-state index in [4.69, 9.17) is 0 Å². The minimum atomic E-state index is -0.331. The van der Waals surface area contributed by atoms with Gasteiger partial charge in [-0.15, -0.1) is 0 Å². The van der Waals surface area contributed by atoms with Gasteiger partial charge in [0.15, 0.2) is 0 Å². The van der Waals surface area contributed by atoms with E-state index in [0.717, 1.165) is 16.8 Å². The van der Waals surface area contributed by atoms with Crippen molar-refractivity contribution in [3.8, 4) is 0 Å². The Morgan fingerprint density at radius 1 is 1.04 bits per heavy atom. The number of hydrogen-bond acceptors (Lipinski definition) is 2. The molecular formula is C22H21FN2O. The normalized spacial score (nSPS) is 11.8. The number of rotatable bonds is 6. The molecule has 0 saturated heterocycles. The van der Waals surface area contributed by atoms with Crippen LogP contribution in [0.5, 0.6) is 0 Å². The summed E-state index contributed by atoms with van der Waals surface area (Å²) in [5, 5.41) is 2.91. The quantitative estimate of drug-likeness (QED) is 0.719. The highest BCUT2D eigenvalue weighted by Gasteiger charge is 2.21. The fourth-order valence-corrected chi connectivity index (χ4v) is 2.99. The number of aromatic nitrogens is 1. The summed E-state index contributed by atoms with van der Waals surface area (Å²) in [6, 6.07) is 20.0. The molecule has 3 aromatic rings. The highest BCUT2D eigenvalue weighted by atomic mass is 19.1. The molecular weight excluding hydrogens is 327 g/mol. The van der Waals surface area contributed by atoms with Crippen LogP contribution in [0.25, 0.3) is 0 Å². The molecule has 26 heavy (non-hydrogen) atoms. The first-order valence-corrected chi connectivity index (χ1v) is 8.61. The van der Waals surface area contributed by atoms with E-state index in [2.05, 4.69) is 10.3 Å². The topological polar surface area (TPSA) is 42.0 Å². The Labute approximate surface area is 152 Å². The average Bonchev–Trinajstić information content (AvgIpc) is 2.67. The van der Waals surface area contributed by atoms with Crippen LogP contribution in [0, 0.1) is 12.7 Å². The molecule has 1 atom stereocenters. The summed E-state index contributed by atoms with van der Waals surface area (Å²) < 4.78 is 14.3. The molecule has 2 aromatic carbocycles. The van der Waals surface area contributed by atoms with Gasteiger partial charge in [0, 0.05) is 18.5 Å². The number of hydrogen-bond donors (Lipinski definition) is 1. The second-order valence-corrected chi connectivity index (χ2v) is 6.23.